The average molecular weight is 376 g/mol. The van der Waals surface area contributed by atoms with Gasteiger partial charge in [0.1, 0.15) is 11.3 Å². The molecule has 2 aliphatic rings. The lowest BCUT2D eigenvalue weighted by molar-refractivity contribution is -0.134. The summed E-state index contributed by atoms with van der Waals surface area (Å²) in [5, 5.41) is 0. The maximum atomic E-state index is 13.3. The van der Waals surface area contributed by atoms with E-state index in [1.165, 1.54) is 4.90 Å². The number of carbonyl (C=O) groups is 2. The summed E-state index contributed by atoms with van der Waals surface area (Å²) in [4.78, 5) is 29.2. The Morgan fingerprint density at radius 2 is 1.59 bits per heavy atom. The lowest BCUT2D eigenvalue weighted by atomic mass is 9.87. The summed E-state index contributed by atoms with van der Waals surface area (Å²) in [6.07, 6.45) is 2.68. The van der Waals surface area contributed by atoms with E-state index in [0.29, 0.717) is 39.3 Å². The second-order valence-corrected chi connectivity index (χ2v) is 7.04. The normalized spacial score (nSPS) is 21.4. The Labute approximate surface area is 160 Å². The molecule has 0 aliphatic carbocycles. The van der Waals surface area contributed by atoms with Crippen LogP contribution in [0.15, 0.2) is 24.3 Å². The van der Waals surface area contributed by atoms with Crippen molar-refractivity contribution in [1.29, 1.82) is 0 Å². The van der Waals surface area contributed by atoms with Gasteiger partial charge in [-0.1, -0.05) is 12.1 Å². The first-order valence-electron chi connectivity index (χ1n) is 9.47. The molecule has 0 atom stereocenters. The highest BCUT2D eigenvalue weighted by atomic mass is 16.5. The molecule has 7 nitrogen and oxygen atoms in total. The van der Waals surface area contributed by atoms with Gasteiger partial charge in [-0.2, -0.15) is 0 Å². The number of hydrogen-bond donors (Lipinski definition) is 0. The number of imide groups is 1. The fourth-order valence-corrected chi connectivity index (χ4v) is 3.83. The van der Waals surface area contributed by atoms with Gasteiger partial charge < -0.3 is 19.1 Å². The van der Waals surface area contributed by atoms with E-state index < -0.39 is 5.54 Å². The minimum absolute atomic E-state index is 0.120. The van der Waals surface area contributed by atoms with Crippen LogP contribution in [-0.2, 0) is 20.8 Å². The van der Waals surface area contributed by atoms with E-state index in [1.54, 1.807) is 19.1 Å². The third-order valence-electron chi connectivity index (χ3n) is 5.43. The molecule has 27 heavy (non-hydrogen) atoms. The first-order valence-corrected chi connectivity index (χ1v) is 9.47. The molecule has 1 aromatic carbocycles. The van der Waals surface area contributed by atoms with Crippen LogP contribution in [0.3, 0.4) is 0 Å². The largest absolute Gasteiger partial charge is 0.497 e. The summed E-state index contributed by atoms with van der Waals surface area (Å²) >= 11 is 0. The maximum absolute atomic E-state index is 13.3. The molecule has 148 valence electrons. The number of carbonyl (C=O) groups excluding carboxylic acids is 2. The molecular formula is C20H28N2O5. The second-order valence-electron chi connectivity index (χ2n) is 7.04. The van der Waals surface area contributed by atoms with E-state index in [9.17, 15) is 9.59 Å². The highest BCUT2D eigenvalue weighted by Crippen LogP contribution is 2.36. The number of nitrogens with zero attached hydrogens (tertiary/aromatic N) is 2. The van der Waals surface area contributed by atoms with Gasteiger partial charge in [-0.05, 0) is 43.4 Å². The van der Waals surface area contributed by atoms with Gasteiger partial charge in [0.15, 0.2) is 0 Å². The van der Waals surface area contributed by atoms with E-state index in [2.05, 4.69) is 0 Å². The smallest absolute Gasteiger partial charge is 0.327 e. The molecule has 0 bridgehead atoms. The van der Waals surface area contributed by atoms with Crippen LogP contribution >= 0.6 is 0 Å². The molecular weight excluding hydrogens is 348 g/mol. The van der Waals surface area contributed by atoms with Crippen molar-refractivity contribution in [2.45, 2.75) is 37.8 Å². The van der Waals surface area contributed by atoms with Crippen LogP contribution in [0.25, 0.3) is 0 Å². The SMILES string of the molecule is COc1ccc(CN2C(=O)N(C)C3(CCCOCCOCCC3)C2=O)cc1. The van der Waals surface area contributed by atoms with Gasteiger partial charge in [0.05, 0.1) is 26.9 Å². The van der Waals surface area contributed by atoms with E-state index in [1.807, 2.05) is 24.3 Å². The number of amides is 3. The zero-order valence-electron chi connectivity index (χ0n) is 16.1. The molecule has 0 radical (unpaired) electrons. The topological polar surface area (TPSA) is 68.3 Å². The number of ether oxygens (including phenoxy) is 3. The molecule has 1 aromatic rings. The van der Waals surface area contributed by atoms with Crippen molar-refractivity contribution in [3.05, 3.63) is 29.8 Å². The van der Waals surface area contributed by atoms with Crippen LogP contribution in [0, 0.1) is 0 Å². The van der Waals surface area contributed by atoms with Crippen molar-refractivity contribution >= 4 is 11.9 Å². The number of likely N-dealkylation sites (N-methyl/N-ethyl adjacent to an activating group) is 1. The van der Waals surface area contributed by atoms with Crippen molar-refractivity contribution in [3.63, 3.8) is 0 Å². The van der Waals surface area contributed by atoms with Crippen LogP contribution in [0.4, 0.5) is 4.79 Å². The molecule has 2 fully saturated rings. The van der Waals surface area contributed by atoms with E-state index >= 15 is 0 Å². The van der Waals surface area contributed by atoms with Crippen molar-refractivity contribution in [3.8, 4) is 5.75 Å². The van der Waals surface area contributed by atoms with E-state index in [0.717, 1.165) is 24.2 Å². The summed E-state index contributed by atoms with van der Waals surface area (Å²) in [5.74, 6) is 0.625. The molecule has 2 heterocycles. The molecule has 0 saturated carbocycles. The monoisotopic (exact) mass is 376 g/mol. The summed E-state index contributed by atoms with van der Waals surface area (Å²) in [5.41, 5.74) is 0.0898. The summed E-state index contributed by atoms with van der Waals surface area (Å²) in [7, 11) is 3.34. The molecule has 2 aliphatic heterocycles. The predicted molar refractivity (Wildman–Crippen MR) is 99.5 cm³/mol. The number of hydrogen-bond acceptors (Lipinski definition) is 5. The molecule has 0 N–H and O–H groups in total. The predicted octanol–water partition coefficient (Wildman–Crippen LogP) is 2.44. The Hall–Kier alpha value is -2.12. The summed E-state index contributed by atoms with van der Waals surface area (Å²) in [6, 6.07) is 7.18. The highest BCUT2D eigenvalue weighted by Gasteiger charge is 2.54. The summed E-state index contributed by atoms with van der Waals surface area (Å²) in [6.45, 7) is 2.54. The Kier molecular flexibility index (Phi) is 6.34. The Bertz CT molecular complexity index is 649. The van der Waals surface area contributed by atoms with Crippen molar-refractivity contribution in [2.24, 2.45) is 0 Å². The quantitative estimate of drug-likeness (QED) is 0.758. The molecule has 3 rings (SSSR count). The maximum Gasteiger partial charge on any atom is 0.327 e. The number of methoxy groups -OCH3 is 1. The highest BCUT2D eigenvalue weighted by molar-refractivity contribution is 6.06. The van der Waals surface area contributed by atoms with Crippen LogP contribution < -0.4 is 4.74 Å². The molecule has 0 unspecified atom stereocenters. The Balaban J connectivity index is 1.78. The van der Waals surface area contributed by atoms with Gasteiger partial charge in [0.2, 0.25) is 0 Å². The number of rotatable bonds is 3. The Morgan fingerprint density at radius 3 is 2.15 bits per heavy atom. The number of urea groups is 1. The van der Waals surface area contributed by atoms with Crippen LogP contribution in [-0.4, -0.2) is 67.9 Å². The van der Waals surface area contributed by atoms with E-state index in [-0.39, 0.29) is 18.5 Å². The van der Waals surface area contributed by atoms with Gasteiger partial charge in [0.25, 0.3) is 5.91 Å². The first-order chi connectivity index (χ1) is 13.1. The van der Waals surface area contributed by atoms with Crippen molar-refractivity contribution in [2.75, 3.05) is 40.6 Å². The third kappa shape index (κ3) is 4.09. The molecule has 1 spiro atoms. The molecule has 7 heteroatoms. The van der Waals surface area contributed by atoms with Gasteiger partial charge >= 0.3 is 6.03 Å². The standard InChI is InChI=1S/C20H28N2O5/c1-21-19(24)22(15-16-5-7-17(25-2)8-6-16)18(23)20(21)9-3-11-26-13-14-27-12-4-10-20/h5-8H,3-4,9-15H2,1-2H3. The summed E-state index contributed by atoms with van der Waals surface area (Å²) < 4.78 is 16.3. The van der Waals surface area contributed by atoms with Crippen LogP contribution in [0.2, 0.25) is 0 Å². The third-order valence-corrected chi connectivity index (χ3v) is 5.43. The van der Waals surface area contributed by atoms with Gasteiger partial charge in [-0.3, -0.25) is 9.69 Å². The van der Waals surface area contributed by atoms with Gasteiger partial charge in [0, 0.05) is 20.3 Å². The van der Waals surface area contributed by atoms with Gasteiger partial charge in [-0.15, -0.1) is 0 Å². The van der Waals surface area contributed by atoms with Crippen molar-refractivity contribution in [1.82, 2.24) is 9.80 Å². The van der Waals surface area contributed by atoms with Crippen LogP contribution in [0.5, 0.6) is 5.75 Å². The fourth-order valence-electron chi connectivity index (χ4n) is 3.83. The molecule has 3 amide bonds. The van der Waals surface area contributed by atoms with E-state index in [4.69, 9.17) is 14.2 Å². The van der Waals surface area contributed by atoms with Crippen molar-refractivity contribution < 1.29 is 23.8 Å². The lowest BCUT2D eigenvalue weighted by Crippen LogP contribution is -2.48. The molecule has 0 aromatic heterocycles. The molecule has 2 saturated heterocycles. The zero-order chi connectivity index (χ0) is 19.3. The number of benzene rings is 1. The average Bonchev–Trinajstić information content (AvgIpc) is 2.85. The van der Waals surface area contributed by atoms with Crippen LogP contribution in [0.1, 0.15) is 31.2 Å². The first kappa shape index (κ1) is 19.6. The zero-order valence-corrected chi connectivity index (χ0v) is 16.1. The second kappa shape index (κ2) is 8.71. The minimum atomic E-state index is -0.805. The van der Waals surface area contributed by atoms with Gasteiger partial charge in [-0.25, -0.2) is 4.79 Å². The fraction of sp³-hybridized carbons (Fsp3) is 0.600. The lowest BCUT2D eigenvalue weighted by Gasteiger charge is -2.32. The Morgan fingerprint density at radius 1 is 1.00 bits per heavy atom. The minimum Gasteiger partial charge on any atom is -0.497 e.